The highest BCUT2D eigenvalue weighted by molar-refractivity contribution is 5.70. The molecule has 0 amide bonds. The molecule has 1 aliphatic heterocycles. The van der Waals surface area contributed by atoms with E-state index < -0.39 is 0 Å². The Hall–Kier alpha value is -2.78. The Morgan fingerprint density at radius 2 is 1.53 bits per heavy atom. The monoisotopic (exact) mass is 400 g/mol. The summed E-state index contributed by atoms with van der Waals surface area (Å²) in [7, 11) is 4.18. The molecule has 3 aromatic rings. The van der Waals surface area contributed by atoms with Gasteiger partial charge in [-0.05, 0) is 82.2 Å². The van der Waals surface area contributed by atoms with Gasteiger partial charge in [-0.2, -0.15) is 0 Å². The zero-order valence-corrected chi connectivity index (χ0v) is 18.5. The zero-order chi connectivity index (χ0) is 21.1. The zero-order valence-electron chi connectivity index (χ0n) is 18.5. The highest BCUT2D eigenvalue weighted by atomic mass is 16.5. The maximum absolute atomic E-state index is 6.20. The van der Waals surface area contributed by atoms with Gasteiger partial charge < -0.3 is 14.5 Å². The highest BCUT2D eigenvalue weighted by Crippen LogP contribution is 2.43. The summed E-state index contributed by atoms with van der Waals surface area (Å²) in [5, 5.41) is 0. The van der Waals surface area contributed by atoms with Crippen molar-refractivity contribution in [2.45, 2.75) is 44.9 Å². The number of hydrogen-bond donors (Lipinski definition) is 0. The molecular formula is C27H32N2O. The normalized spacial score (nSPS) is 18.0. The van der Waals surface area contributed by atoms with E-state index in [1.165, 1.54) is 22.5 Å². The van der Waals surface area contributed by atoms with E-state index in [0.717, 1.165) is 18.6 Å². The van der Waals surface area contributed by atoms with Gasteiger partial charge in [0.15, 0.2) is 0 Å². The third-order valence-electron chi connectivity index (χ3n) is 6.37. The number of rotatable bonds is 6. The van der Waals surface area contributed by atoms with Crippen molar-refractivity contribution < 1.29 is 4.74 Å². The molecule has 3 nitrogen and oxygen atoms in total. The Balaban J connectivity index is 1.64. The second kappa shape index (κ2) is 8.93. The van der Waals surface area contributed by atoms with Gasteiger partial charge in [0, 0.05) is 17.4 Å². The molecule has 1 aliphatic rings. The van der Waals surface area contributed by atoms with E-state index in [2.05, 4.69) is 117 Å². The quantitative estimate of drug-likeness (QED) is 0.488. The lowest BCUT2D eigenvalue weighted by atomic mass is 9.90. The molecule has 156 valence electrons. The average molecular weight is 401 g/mol. The Bertz CT molecular complexity index is 952. The second-order valence-electron chi connectivity index (χ2n) is 8.48. The van der Waals surface area contributed by atoms with Crippen LogP contribution in [0.15, 0.2) is 78.9 Å². The van der Waals surface area contributed by atoms with Gasteiger partial charge >= 0.3 is 0 Å². The molecular weight excluding hydrogens is 368 g/mol. The molecule has 0 fully saturated rings. The predicted molar refractivity (Wildman–Crippen MR) is 126 cm³/mol. The SMILES string of the molecule is CC(Oc1ccc(N2c3ccccc3CCC2c2ccccc2)cc1)C(C)N(C)C. The topological polar surface area (TPSA) is 15.7 Å². The van der Waals surface area contributed by atoms with E-state index in [1.807, 2.05) is 0 Å². The first-order chi connectivity index (χ1) is 14.5. The van der Waals surface area contributed by atoms with Crippen molar-refractivity contribution in [2.24, 2.45) is 0 Å². The predicted octanol–water partition coefficient (Wildman–Crippen LogP) is 6.23. The maximum atomic E-state index is 6.20. The van der Waals surface area contributed by atoms with Gasteiger partial charge in [-0.3, -0.25) is 0 Å². The van der Waals surface area contributed by atoms with Crippen LogP contribution in [-0.4, -0.2) is 31.1 Å². The van der Waals surface area contributed by atoms with Crippen LogP contribution in [0.5, 0.6) is 5.75 Å². The van der Waals surface area contributed by atoms with Crippen LogP contribution in [0.3, 0.4) is 0 Å². The molecule has 30 heavy (non-hydrogen) atoms. The Kier molecular flexibility index (Phi) is 6.10. The third-order valence-corrected chi connectivity index (χ3v) is 6.37. The number of likely N-dealkylation sites (N-methyl/N-ethyl adjacent to an activating group) is 1. The summed E-state index contributed by atoms with van der Waals surface area (Å²) in [4.78, 5) is 4.68. The van der Waals surface area contributed by atoms with Gasteiger partial charge in [-0.25, -0.2) is 0 Å². The lowest BCUT2D eigenvalue weighted by Crippen LogP contribution is -2.38. The van der Waals surface area contributed by atoms with Gasteiger partial charge in [0.1, 0.15) is 11.9 Å². The molecule has 0 bridgehead atoms. The molecule has 0 saturated carbocycles. The minimum Gasteiger partial charge on any atom is -0.489 e. The van der Waals surface area contributed by atoms with Gasteiger partial charge in [0.2, 0.25) is 0 Å². The largest absolute Gasteiger partial charge is 0.489 e. The molecule has 0 aliphatic carbocycles. The number of anilines is 2. The van der Waals surface area contributed by atoms with Crippen molar-refractivity contribution in [1.29, 1.82) is 0 Å². The molecule has 0 radical (unpaired) electrons. The maximum Gasteiger partial charge on any atom is 0.119 e. The summed E-state index contributed by atoms with van der Waals surface area (Å²) in [6.45, 7) is 4.32. The molecule has 3 heteroatoms. The number of fused-ring (bicyclic) bond motifs is 1. The van der Waals surface area contributed by atoms with E-state index in [-0.39, 0.29) is 6.10 Å². The van der Waals surface area contributed by atoms with Crippen molar-refractivity contribution in [1.82, 2.24) is 4.90 Å². The summed E-state index contributed by atoms with van der Waals surface area (Å²) >= 11 is 0. The smallest absolute Gasteiger partial charge is 0.119 e. The molecule has 3 atom stereocenters. The van der Waals surface area contributed by atoms with E-state index >= 15 is 0 Å². The first-order valence-electron chi connectivity index (χ1n) is 10.9. The first-order valence-corrected chi connectivity index (χ1v) is 10.9. The molecule has 0 N–H and O–H groups in total. The first kappa shape index (κ1) is 20.5. The number of hydrogen-bond acceptors (Lipinski definition) is 3. The number of aryl methyl sites for hydroxylation is 1. The number of benzene rings is 3. The van der Waals surface area contributed by atoms with E-state index in [0.29, 0.717) is 12.1 Å². The fraction of sp³-hybridized carbons (Fsp3) is 0.333. The lowest BCUT2D eigenvalue weighted by molar-refractivity contribution is 0.121. The van der Waals surface area contributed by atoms with E-state index in [4.69, 9.17) is 4.74 Å². The van der Waals surface area contributed by atoms with Crippen molar-refractivity contribution in [3.05, 3.63) is 90.0 Å². The molecule has 4 rings (SSSR count). The lowest BCUT2D eigenvalue weighted by Gasteiger charge is -2.39. The van der Waals surface area contributed by atoms with Crippen LogP contribution >= 0.6 is 0 Å². The summed E-state index contributed by atoms with van der Waals surface area (Å²) in [6, 6.07) is 28.9. The molecule has 0 saturated heterocycles. The summed E-state index contributed by atoms with van der Waals surface area (Å²) in [5.41, 5.74) is 5.29. The Labute approximate surface area is 180 Å². The molecule has 0 aromatic heterocycles. The number of ether oxygens (including phenoxy) is 1. The minimum atomic E-state index is 0.124. The number of nitrogens with zero attached hydrogens (tertiary/aromatic N) is 2. The van der Waals surface area contributed by atoms with Crippen LogP contribution < -0.4 is 9.64 Å². The van der Waals surface area contributed by atoms with Gasteiger partial charge in [0.25, 0.3) is 0 Å². The van der Waals surface area contributed by atoms with Crippen LogP contribution in [0, 0.1) is 0 Å². The fourth-order valence-corrected chi connectivity index (χ4v) is 4.27. The third kappa shape index (κ3) is 4.22. The van der Waals surface area contributed by atoms with Crippen LogP contribution in [-0.2, 0) is 6.42 Å². The summed E-state index contributed by atoms with van der Waals surface area (Å²) in [6.07, 6.45) is 2.34. The summed E-state index contributed by atoms with van der Waals surface area (Å²) in [5.74, 6) is 0.918. The highest BCUT2D eigenvalue weighted by Gasteiger charge is 2.28. The molecule has 1 heterocycles. The Morgan fingerprint density at radius 1 is 0.867 bits per heavy atom. The van der Waals surface area contributed by atoms with Crippen LogP contribution in [0.4, 0.5) is 11.4 Å². The minimum absolute atomic E-state index is 0.124. The van der Waals surface area contributed by atoms with Crippen LogP contribution in [0.2, 0.25) is 0 Å². The average Bonchev–Trinajstić information content (AvgIpc) is 2.79. The van der Waals surface area contributed by atoms with Crippen molar-refractivity contribution in [3.8, 4) is 5.75 Å². The van der Waals surface area contributed by atoms with Gasteiger partial charge in [-0.15, -0.1) is 0 Å². The standard InChI is InChI=1S/C27H32N2O/c1-20(28(3)4)21(2)30-25-17-15-24(16-18-25)29-26-13-9-8-12-23(26)14-19-27(29)22-10-6-5-7-11-22/h5-13,15-18,20-21,27H,14,19H2,1-4H3. The van der Waals surface area contributed by atoms with Crippen molar-refractivity contribution in [3.63, 3.8) is 0 Å². The van der Waals surface area contributed by atoms with E-state index in [9.17, 15) is 0 Å². The molecule has 3 aromatic carbocycles. The molecule has 0 spiro atoms. The summed E-state index contributed by atoms with van der Waals surface area (Å²) < 4.78 is 6.20. The van der Waals surface area contributed by atoms with Gasteiger partial charge in [-0.1, -0.05) is 48.5 Å². The fourth-order valence-electron chi connectivity index (χ4n) is 4.27. The number of para-hydroxylation sites is 1. The second-order valence-corrected chi connectivity index (χ2v) is 8.48. The van der Waals surface area contributed by atoms with E-state index in [1.54, 1.807) is 0 Å². The van der Waals surface area contributed by atoms with Crippen LogP contribution in [0.25, 0.3) is 0 Å². The molecule has 3 unspecified atom stereocenters. The Morgan fingerprint density at radius 3 is 2.23 bits per heavy atom. The van der Waals surface area contributed by atoms with Crippen molar-refractivity contribution >= 4 is 11.4 Å². The van der Waals surface area contributed by atoms with Gasteiger partial charge in [0.05, 0.1) is 6.04 Å². The van der Waals surface area contributed by atoms with Crippen LogP contribution in [0.1, 0.15) is 37.4 Å². The van der Waals surface area contributed by atoms with Crippen molar-refractivity contribution in [2.75, 3.05) is 19.0 Å².